The van der Waals surface area contributed by atoms with Crippen molar-refractivity contribution in [3.05, 3.63) is 42.1 Å². The lowest BCUT2D eigenvalue weighted by atomic mass is 9.97. The van der Waals surface area contributed by atoms with Gasteiger partial charge in [-0.25, -0.2) is 0 Å². The summed E-state index contributed by atoms with van der Waals surface area (Å²) in [4.78, 5) is 4.54. The zero-order valence-corrected chi connectivity index (χ0v) is 11.3. The first-order valence-electron chi connectivity index (χ1n) is 7.01. The summed E-state index contributed by atoms with van der Waals surface area (Å²) in [7, 11) is 2.02. The molecule has 0 saturated carbocycles. The van der Waals surface area contributed by atoms with Gasteiger partial charge in [-0.2, -0.15) is 0 Å². The molecule has 19 heavy (non-hydrogen) atoms. The van der Waals surface area contributed by atoms with E-state index < -0.39 is 0 Å². The molecule has 3 nitrogen and oxygen atoms in total. The molecule has 1 aromatic heterocycles. The Labute approximate surface area is 114 Å². The van der Waals surface area contributed by atoms with Crippen LogP contribution < -0.4 is 5.32 Å². The summed E-state index contributed by atoms with van der Waals surface area (Å²) in [5, 5.41) is 4.62. The van der Waals surface area contributed by atoms with Crippen LogP contribution in [-0.2, 0) is 4.74 Å². The molecular weight excluding hydrogens is 236 g/mol. The van der Waals surface area contributed by atoms with Crippen molar-refractivity contribution in [3.8, 4) is 0 Å². The summed E-state index contributed by atoms with van der Waals surface area (Å²) in [6.07, 6.45) is 5.64. The monoisotopic (exact) mass is 256 g/mol. The highest BCUT2D eigenvalue weighted by Gasteiger charge is 2.22. The van der Waals surface area contributed by atoms with Gasteiger partial charge in [0.25, 0.3) is 0 Å². The van der Waals surface area contributed by atoms with E-state index >= 15 is 0 Å². The van der Waals surface area contributed by atoms with Crippen molar-refractivity contribution in [2.24, 2.45) is 0 Å². The molecule has 3 rings (SSSR count). The quantitative estimate of drug-likeness (QED) is 0.913. The van der Waals surface area contributed by atoms with Gasteiger partial charge < -0.3 is 10.1 Å². The van der Waals surface area contributed by atoms with E-state index in [0.29, 0.717) is 12.1 Å². The van der Waals surface area contributed by atoms with Crippen LogP contribution in [0, 0.1) is 0 Å². The molecule has 0 radical (unpaired) electrons. The fourth-order valence-corrected chi connectivity index (χ4v) is 2.90. The maximum atomic E-state index is 5.76. The normalized spacial score (nSPS) is 20.8. The average molecular weight is 256 g/mol. The second-order valence-corrected chi connectivity index (χ2v) is 5.13. The third-order valence-electron chi connectivity index (χ3n) is 3.91. The lowest BCUT2D eigenvalue weighted by molar-refractivity contribution is 0.0955. The molecule has 0 spiro atoms. The highest BCUT2D eigenvalue weighted by Crippen LogP contribution is 2.28. The minimum Gasteiger partial charge on any atom is -0.378 e. The molecule has 2 heterocycles. The Morgan fingerprint density at radius 2 is 2.26 bits per heavy atom. The van der Waals surface area contributed by atoms with E-state index in [-0.39, 0.29) is 0 Å². The molecule has 1 fully saturated rings. The number of rotatable bonds is 4. The van der Waals surface area contributed by atoms with Crippen molar-refractivity contribution in [2.75, 3.05) is 13.7 Å². The molecule has 1 N–H and O–H groups in total. The molecule has 2 aromatic rings. The van der Waals surface area contributed by atoms with Gasteiger partial charge in [0.15, 0.2) is 0 Å². The molecule has 2 unspecified atom stereocenters. The summed E-state index contributed by atoms with van der Waals surface area (Å²) in [6, 6.07) is 10.8. The van der Waals surface area contributed by atoms with Gasteiger partial charge in [-0.1, -0.05) is 24.3 Å². The third-order valence-corrected chi connectivity index (χ3v) is 3.91. The van der Waals surface area contributed by atoms with Crippen LogP contribution in [-0.4, -0.2) is 24.7 Å². The number of aromatic nitrogens is 1. The minimum atomic E-state index is 0.307. The van der Waals surface area contributed by atoms with Gasteiger partial charge in [-0.15, -0.1) is 0 Å². The summed E-state index contributed by atoms with van der Waals surface area (Å²) in [6.45, 7) is 0.912. The van der Waals surface area contributed by atoms with Gasteiger partial charge in [-0.05, 0) is 37.9 Å². The number of benzene rings is 1. The van der Waals surface area contributed by atoms with Crippen LogP contribution in [0.5, 0.6) is 0 Å². The molecule has 0 amide bonds. The molecule has 1 aliphatic rings. The number of nitrogens with zero attached hydrogens (tertiary/aromatic N) is 1. The summed E-state index contributed by atoms with van der Waals surface area (Å²) >= 11 is 0. The molecule has 0 bridgehead atoms. The van der Waals surface area contributed by atoms with Gasteiger partial charge in [0.2, 0.25) is 0 Å². The molecule has 3 heteroatoms. The van der Waals surface area contributed by atoms with E-state index in [1.165, 1.54) is 23.8 Å². The summed E-state index contributed by atoms with van der Waals surface area (Å²) < 4.78 is 5.76. The Kier molecular flexibility index (Phi) is 3.76. The van der Waals surface area contributed by atoms with Gasteiger partial charge in [0, 0.05) is 24.2 Å². The highest BCUT2D eigenvalue weighted by atomic mass is 16.5. The van der Waals surface area contributed by atoms with Crippen molar-refractivity contribution < 1.29 is 4.74 Å². The molecule has 100 valence electrons. The van der Waals surface area contributed by atoms with Crippen LogP contribution in [0.2, 0.25) is 0 Å². The van der Waals surface area contributed by atoms with Crippen molar-refractivity contribution in [2.45, 2.75) is 31.4 Å². The van der Waals surface area contributed by atoms with Gasteiger partial charge in [-0.3, -0.25) is 4.98 Å². The second-order valence-electron chi connectivity index (χ2n) is 5.13. The topological polar surface area (TPSA) is 34.1 Å². The first-order chi connectivity index (χ1) is 9.38. The maximum absolute atomic E-state index is 5.76. The van der Waals surface area contributed by atoms with Crippen LogP contribution in [0.4, 0.5) is 0 Å². The van der Waals surface area contributed by atoms with E-state index in [1.54, 1.807) is 0 Å². The van der Waals surface area contributed by atoms with Crippen molar-refractivity contribution >= 4 is 10.9 Å². The SMILES string of the molecule is CNC(CC1CCCO1)c1cccc2cccnc12. The van der Waals surface area contributed by atoms with Crippen LogP contribution in [0.15, 0.2) is 36.5 Å². The number of hydrogen-bond donors (Lipinski definition) is 1. The fraction of sp³-hybridized carbons (Fsp3) is 0.438. The van der Waals surface area contributed by atoms with Crippen LogP contribution in [0.3, 0.4) is 0 Å². The van der Waals surface area contributed by atoms with Gasteiger partial charge in [0.1, 0.15) is 0 Å². The summed E-state index contributed by atoms with van der Waals surface area (Å²) in [5.41, 5.74) is 2.37. The molecule has 0 aliphatic carbocycles. The largest absolute Gasteiger partial charge is 0.378 e. The maximum Gasteiger partial charge on any atom is 0.0749 e. The smallest absolute Gasteiger partial charge is 0.0749 e. The Bertz CT molecular complexity index is 544. The Balaban J connectivity index is 1.91. The van der Waals surface area contributed by atoms with E-state index in [0.717, 1.165) is 18.5 Å². The molecular formula is C16H20N2O. The second kappa shape index (κ2) is 5.68. The van der Waals surface area contributed by atoms with Crippen molar-refractivity contribution in [1.82, 2.24) is 10.3 Å². The zero-order valence-electron chi connectivity index (χ0n) is 11.3. The number of hydrogen-bond acceptors (Lipinski definition) is 3. The Morgan fingerprint density at radius 3 is 3.05 bits per heavy atom. The summed E-state index contributed by atoms with van der Waals surface area (Å²) in [5.74, 6) is 0. The first kappa shape index (κ1) is 12.6. The molecule has 2 atom stereocenters. The fourth-order valence-electron chi connectivity index (χ4n) is 2.90. The zero-order chi connectivity index (χ0) is 13.1. The van der Waals surface area contributed by atoms with Crippen molar-refractivity contribution in [1.29, 1.82) is 0 Å². The lowest BCUT2D eigenvalue weighted by Crippen LogP contribution is -2.22. The number of fused-ring (bicyclic) bond motifs is 1. The average Bonchev–Trinajstić information content (AvgIpc) is 2.97. The van der Waals surface area contributed by atoms with E-state index in [2.05, 4.69) is 34.6 Å². The van der Waals surface area contributed by atoms with Crippen molar-refractivity contribution in [3.63, 3.8) is 0 Å². The lowest BCUT2D eigenvalue weighted by Gasteiger charge is -2.21. The van der Waals surface area contributed by atoms with Crippen LogP contribution >= 0.6 is 0 Å². The Morgan fingerprint density at radius 1 is 1.37 bits per heavy atom. The molecule has 1 aliphatic heterocycles. The predicted molar refractivity (Wildman–Crippen MR) is 77.1 cm³/mol. The van der Waals surface area contributed by atoms with Crippen LogP contribution in [0.1, 0.15) is 30.9 Å². The minimum absolute atomic E-state index is 0.307. The standard InChI is InChI=1S/C16H20N2O/c1-17-15(11-13-7-4-10-19-13)14-8-2-5-12-6-3-9-18-16(12)14/h2-3,5-6,8-9,13,15,17H,4,7,10-11H2,1H3. The highest BCUT2D eigenvalue weighted by molar-refractivity contribution is 5.82. The first-order valence-corrected chi connectivity index (χ1v) is 7.01. The van der Waals surface area contributed by atoms with Gasteiger partial charge >= 0.3 is 0 Å². The van der Waals surface area contributed by atoms with E-state index in [4.69, 9.17) is 4.74 Å². The van der Waals surface area contributed by atoms with Crippen LogP contribution in [0.25, 0.3) is 10.9 Å². The number of nitrogens with one attached hydrogen (secondary N) is 1. The Hall–Kier alpha value is -1.45. The van der Waals surface area contributed by atoms with E-state index in [1.807, 2.05) is 19.3 Å². The molecule has 1 saturated heterocycles. The number of ether oxygens (including phenoxy) is 1. The number of para-hydroxylation sites is 1. The number of pyridine rings is 1. The molecule has 1 aromatic carbocycles. The van der Waals surface area contributed by atoms with E-state index in [9.17, 15) is 0 Å². The van der Waals surface area contributed by atoms with Gasteiger partial charge in [0.05, 0.1) is 11.6 Å². The third kappa shape index (κ3) is 2.62. The predicted octanol–water partition coefficient (Wildman–Crippen LogP) is 3.06.